The highest BCUT2D eigenvalue weighted by atomic mass is 16.5. The van der Waals surface area contributed by atoms with E-state index in [1.165, 1.54) is 0 Å². The quantitative estimate of drug-likeness (QED) is 0.730. The van der Waals surface area contributed by atoms with Crippen molar-refractivity contribution in [2.75, 3.05) is 40.0 Å². The third-order valence-electron chi connectivity index (χ3n) is 3.82. The van der Waals surface area contributed by atoms with E-state index in [9.17, 15) is 0 Å². The molecule has 1 aliphatic carbocycles. The van der Waals surface area contributed by atoms with Crippen LogP contribution in [0.15, 0.2) is 0 Å². The number of hydrogen-bond acceptors (Lipinski definition) is 4. The van der Waals surface area contributed by atoms with Crippen LogP contribution in [0.1, 0.15) is 19.3 Å². The molecule has 4 heteroatoms. The molecule has 4 nitrogen and oxygen atoms in total. The fourth-order valence-corrected chi connectivity index (χ4v) is 2.73. The van der Waals surface area contributed by atoms with Gasteiger partial charge in [0, 0.05) is 38.9 Å². The van der Waals surface area contributed by atoms with Crippen molar-refractivity contribution in [1.82, 2.24) is 4.90 Å². The number of ether oxygens (including phenoxy) is 2. The average molecular weight is 214 g/mol. The fourth-order valence-electron chi connectivity index (χ4n) is 2.73. The summed E-state index contributed by atoms with van der Waals surface area (Å²) in [6.45, 7) is 4.62. The minimum atomic E-state index is 0.203. The molecule has 0 atom stereocenters. The summed E-state index contributed by atoms with van der Waals surface area (Å²) in [5.41, 5.74) is 6.13. The minimum absolute atomic E-state index is 0.203. The lowest BCUT2D eigenvalue weighted by atomic mass is 9.72. The standard InChI is InChI=1S/C11H22N2O2/c1-14-10-7-11(8-10,9-12)13-3-2-5-15-6-4-13/h10H,2-9,12H2,1H3. The zero-order valence-corrected chi connectivity index (χ0v) is 9.58. The summed E-state index contributed by atoms with van der Waals surface area (Å²) in [7, 11) is 1.79. The van der Waals surface area contributed by atoms with Gasteiger partial charge in [0.15, 0.2) is 0 Å². The van der Waals surface area contributed by atoms with Gasteiger partial charge in [-0.1, -0.05) is 0 Å². The summed E-state index contributed by atoms with van der Waals surface area (Å²) in [4.78, 5) is 2.51. The van der Waals surface area contributed by atoms with Crippen molar-refractivity contribution in [1.29, 1.82) is 0 Å². The maximum absolute atomic E-state index is 5.93. The van der Waals surface area contributed by atoms with Gasteiger partial charge in [0.1, 0.15) is 0 Å². The minimum Gasteiger partial charge on any atom is -0.381 e. The summed E-state index contributed by atoms with van der Waals surface area (Å²) in [5.74, 6) is 0. The molecule has 15 heavy (non-hydrogen) atoms. The van der Waals surface area contributed by atoms with Crippen LogP contribution in [0.2, 0.25) is 0 Å². The molecule has 0 aromatic rings. The molecule has 0 unspecified atom stereocenters. The van der Waals surface area contributed by atoms with E-state index in [1.807, 2.05) is 0 Å². The van der Waals surface area contributed by atoms with Crippen molar-refractivity contribution in [2.45, 2.75) is 30.9 Å². The van der Waals surface area contributed by atoms with Gasteiger partial charge in [-0.15, -0.1) is 0 Å². The van der Waals surface area contributed by atoms with E-state index >= 15 is 0 Å². The monoisotopic (exact) mass is 214 g/mol. The zero-order chi connectivity index (χ0) is 10.7. The fraction of sp³-hybridized carbons (Fsp3) is 1.00. The van der Waals surface area contributed by atoms with Crippen LogP contribution in [-0.4, -0.2) is 56.5 Å². The molecule has 0 bridgehead atoms. The molecular weight excluding hydrogens is 192 g/mol. The number of nitrogens with zero attached hydrogens (tertiary/aromatic N) is 1. The molecule has 1 heterocycles. The Labute approximate surface area is 91.7 Å². The number of rotatable bonds is 3. The Morgan fingerprint density at radius 3 is 2.87 bits per heavy atom. The predicted molar refractivity (Wildman–Crippen MR) is 58.8 cm³/mol. The molecule has 88 valence electrons. The number of methoxy groups -OCH3 is 1. The molecule has 2 rings (SSSR count). The predicted octanol–water partition coefficient (Wildman–Crippen LogP) is 0.215. The molecule has 2 N–H and O–H groups in total. The first-order valence-electron chi connectivity index (χ1n) is 5.86. The van der Waals surface area contributed by atoms with Gasteiger partial charge in [-0.3, -0.25) is 4.90 Å². The third-order valence-corrected chi connectivity index (χ3v) is 3.82. The van der Waals surface area contributed by atoms with Crippen molar-refractivity contribution in [3.05, 3.63) is 0 Å². The highest BCUT2D eigenvalue weighted by Crippen LogP contribution is 2.39. The maximum atomic E-state index is 5.93. The van der Waals surface area contributed by atoms with Gasteiger partial charge in [0.05, 0.1) is 12.7 Å². The molecule has 0 radical (unpaired) electrons. The SMILES string of the molecule is COC1CC(CN)(N2CCCOCC2)C1. The molecule has 2 aliphatic rings. The number of hydrogen-bond donors (Lipinski definition) is 1. The van der Waals surface area contributed by atoms with E-state index in [0.717, 1.165) is 52.1 Å². The Morgan fingerprint density at radius 1 is 1.40 bits per heavy atom. The molecular formula is C11H22N2O2. The Bertz CT molecular complexity index is 197. The number of nitrogens with two attached hydrogens (primary N) is 1. The van der Waals surface area contributed by atoms with Crippen molar-refractivity contribution in [3.63, 3.8) is 0 Å². The highest BCUT2D eigenvalue weighted by molar-refractivity contribution is 5.04. The molecule has 2 fully saturated rings. The molecule has 1 aliphatic heterocycles. The van der Waals surface area contributed by atoms with Crippen LogP contribution in [0.5, 0.6) is 0 Å². The maximum Gasteiger partial charge on any atom is 0.0607 e. The van der Waals surface area contributed by atoms with Gasteiger partial charge >= 0.3 is 0 Å². The van der Waals surface area contributed by atoms with Crippen molar-refractivity contribution < 1.29 is 9.47 Å². The molecule has 1 saturated heterocycles. The smallest absolute Gasteiger partial charge is 0.0607 e. The second-order valence-corrected chi connectivity index (χ2v) is 4.65. The van der Waals surface area contributed by atoms with Crippen LogP contribution in [0.25, 0.3) is 0 Å². The lowest BCUT2D eigenvalue weighted by molar-refractivity contribution is -0.0869. The second-order valence-electron chi connectivity index (χ2n) is 4.65. The Kier molecular flexibility index (Phi) is 3.61. The summed E-state index contributed by atoms with van der Waals surface area (Å²) < 4.78 is 10.8. The van der Waals surface area contributed by atoms with Crippen LogP contribution in [0.4, 0.5) is 0 Å². The largest absolute Gasteiger partial charge is 0.381 e. The third kappa shape index (κ3) is 2.18. The van der Waals surface area contributed by atoms with Crippen LogP contribution >= 0.6 is 0 Å². The first-order valence-corrected chi connectivity index (χ1v) is 5.86. The summed E-state index contributed by atoms with van der Waals surface area (Å²) in [5, 5.41) is 0. The molecule has 0 aromatic carbocycles. The lowest BCUT2D eigenvalue weighted by Gasteiger charge is -2.53. The van der Waals surface area contributed by atoms with Crippen LogP contribution in [0.3, 0.4) is 0 Å². The molecule has 0 spiro atoms. The average Bonchev–Trinajstić information content (AvgIpc) is 2.47. The molecule has 0 aromatic heterocycles. The summed E-state index contributed by atoms with van der Waals surface area (Å²) in [6, 6.07) is 0. The summed E-state index contributed by atoms with van der Waals surface area (Å²) >= 11 is 0. The molecule has 0 amide bonds. The first-order chi connectivity index (χ1) is 7.30. The van der Waals surface area contributed by atoms with Crippen LogP contribution < -0.4 is 5.73 Å². The van der Waals surface area contributed by atoms with E-state index < -0.39 is 0 Å². The van der Waals surface area contributed by atoms with Crippen LogP contribution in [-0.2, 0) is 9.47 Å². The van der Waals surface area contributed by atoms with Crippen LogP contribution in [0, 0.1) is 0 Å². The van der Waals surface area contributed by atoms with E-state index in [0.29, 0.717) is 6.10 Å². The zero-order valence-electron chi connectivity index (χ0n) is 9.58. The normalized spacial score (nSPS) is 38.4. The molecule has 1 saturated carbocycles. The lowest BCUT2D eigenvalue weighted by Crippen LogP contribution is -2.64. The Balaban J connectivity index is 1.94. The van der Waals surface area contributed by atoms with Gasteiger partial charge in [0.2, 0.25) is 0 Å². The van der Waals surface area contributed by atoms with Gasteiger partial charge in [-0.25, -0.2) is 0 Å². The highest BCUT2D eigenvalue weighted by Gasteiger charge is 2.47. The van der Waals surface area contributed by atoms with E-state index in [-0.39, 0.29) is 5.54 Å². The van der Waals surface area contributed by atoms with Gasteiger partial charge in [-0.05, 0) is 19.3 Å². The van der Waals surface area contributed by atoms with Crippen molar-refractivity contribution >= 4 is 0 Å². The van der Waals surface area contributed by atoms with E-state index in [1.54, 1.807) is 7.11 Å². The second kappa shape index (κ2) is 4.78. The van der Waals surface area contributed by atoms with Gasteiger partial charge in [0.25, 0.3) is 0 Å². The topological polar surface area (TPSA) is 47.7 Å². The first kappa shape index (κ1) is 11.3. The van der Waals surface area contributed by atoms with Crippen molar-refractivity contribution in [2.24, 2.45) is 5.73 Å². The van der Waals surface area contributed by atoms with Crippen molar-refractivity contribution in [3.8, 4) is 0 Å². The van der Waals surface area contributed by atoms with E-state index in [4.69, 9.17) is 15.2 Å². The summed E-state index contributed by atoms with van der Waals surface area (Å²) in [6.07, 6.45) is 3.71. The van der Waals surface area contributed by atoms with E-state index in [2.05, 4.69) is 4.90 Å². The van der Waals surface area contributed by atoms with Gasteiger partial charge < -0.3 is 15.2 Å². The van der Waals surface area contributed by atoms with Gasteiger partial charge in [-0.2, -0.15) is 0 Å². The Hall–Kier alpha value is -0.160. The Morgan fingerprint density at radius 2 is 2.20 bits per heavy atom.